The standard InChI is InChI=1S/C6H7NO2/c1-3-6(9-2)5(8)4-7/h3H,1-2H3/b6-3-. The zero-order valence-corrected chi connectivity index (χ0v) is 5.34. The summed E-state index contributed by atoms with van der Waals surface area (Å²) in [7, 11) is 1.35. The molecule has 0 spiro atoms. The second kappa shape index (κ2) is 3.67. The Kier molecular flexibility index (Phi) is 3.14. The Balaban J connectivity index is 4.19. The molecule has 9 heavy (non-hydrogen) atoms. The van der Waals surface area contributed by atoms with E-state index in [9.17, 15) is 4.79 Å². The van der Waals surface area contributed by atoms with Gasteiger partial charge in [-0.15, -0.1) is 0 Å². The molecule has 0 aliphatic rings. The normalized spacial score (nSPS) is 10.1. The van der Waals surface area contributed by atoms with E-state index in [1.165, 1.54) is 19.3 Å². The Bertz CT molecular complexity index is 176. The molecule has 3 nitrogen and oxygen atoms in total. The summed E-state index contributed by atoms with van der Waals surface area (Å²) in [4.78, 5) is 10.4. The van der Waals surface area contributed by atoms with Crippen LogP contribution in [0, 0.1) is 11.3 Å². The highest BCUT2D eigenvalue weighted by Gasteiger charge is 2.04. The molecule has 0 rings (SSSR count). The molecule has 0 radical (unpaired) electrons. The number of nitrogens with zero attached hydrogens (tertiary/aromatic N) is 1. The lowest BCUT2D eigenvalue weighted by Crippen LogP contribution is -1.99. The molecule has 0 saturated heterocycles. The van der Waals surface area contributed by atoms with Gasteiger partial charge >= 0.3 is 0 Å². The SMILES string of the molecule is C/C=C(\OC)C(=O)C#N. The van der Waals surface area contributed by atoms with Gasteiger partial charge in [-0.3, -0.25) is 4.79 Å². The lowest BCUT2D eigenvalue weighted by molar-refractivity contribution is -0.113. The molecule has 0 aliphatic heterocycles. The molecular formula is C6H7NO2. The van der Waals surface area contributed by atoms with E-state index < -0.39 is 5.78 Å². The number of hydrogen-bond acceptors (Lipinski definition) is 3. The van der Waals surface area contributed by atoms with Crippen molar-refractivity contribution < 1.29 is 9.53 Å². The summed E-state index contributed by atoms with van der Waals surface area (Å²) in [6, 6.07) is 1.43. The summed E-state index contributed by atoms with van der Waals surface area (Å²) in [5.74, 6) is -0.544. The number of methoxy groups -OCH3 is 1. The van der Waals surface area contributed by atoms with Gasteiger partial charge in [-0.2, -0.15) is 5.26 Å². The average molecular weight is 125 g/mol. The van der Waals surface area contributed by atoms with E-state index in [0.717, 1.165) is 0 Å². The highest BCUT2D eigenvalue weighted by Crippen LogP contribution is 1.94. The van der Waals surface area contributed by atoms with Crippen molar-refractivity contribution in [2.45, 2.75) is 6.92 Å². The van der Waals surface area contributed by atoms with Crippen molar-refractivity contribution in [1.82, 2.24) is 0 Å². The molecular weight excluding hydrogens is 118 g/mol. The number of allylic oxidation sites excluding steroid dienone is 2. The second-order valence-corrected chi connectivity index (χ2v) is 1.30. The Morgan fingerprint density at radius 2 is 2.33 bits per heavy atom. The lowest BCUT2D eigenvalue weighted by atomic mass is 10.3. The number of hydrogen-bond donors (Lipinski definition) is 0. The molecule has 0 amide bonds. The predicted octanol–water partition coefficient (Wildman–Crippen LogP) is 0.629. The first kappa shape index (κ1) is 7.70. The van der Waals surface area contributed by atoms with E-state index in [0.29, 0.717) is 0 Å². The fraction of sp³-hybridized carbons (Fsp3) is 0.333. The number of ether oxygens (including phenoxy) is 1. The molecule has 0 fully saturated rings. The van der Waals surface area contributed by atoms with Crippen LogP contribution in [0.2, 0.25) is 0 Å². The molecule has 0 N–H and O–H groups in total. The van der Waals surface area contributed by atoms with Crippen molar-refractivity contribution in [3.63, 3.8) is 0 Å². The maximum absolute atomic E-state index is 10.4. The van der Waals surface area contributed by atoms with E-state index in [2.05, 4.69) is 4.74 Å². The van der Waals surface area contributed by atoms with Gasteiger partial charge in [0.1, 0.15) is 6.07 Å². The second-order valence-electron chi connectivity index (χ2n) is 1.30. The minimum atomic E-state index is -0.639. The third-order valence-electron chi connectivity index (χ3n) is 0.807. The number of ketones is 1. The van der Waals surface area contributed by atoms with Crippen LogP contribution in [0.3, 0.4) is 0 Å². The van der Waals surface area contributed by atoms with Crippen molar-refractivity contribution in [1.29, 1.82) is 5.26 Å². The third kappa shape index (κ3) is 1.96. The molecule has 0 aromatic rings. The number of rotatable bonds is 2. The zero-order chi connectivity index (χ0) is 7.28. The fourth-order valence-electron chi connectivity index (χ4n) is 0.397. The van der Waals surface area contributed by atoms with Crippen LogP contribution in [0.15, 0.2) is 11.8 Å². The summed E-state index contributed by atoms with van der Waals surface area (Å²) in [6.45, 7) is 1.63. The van der Waals surface area contributed by atoms with Crippen molar-refractivity contribution in [3.8, 4) is 6.07 Å². The van der Waals surface area contributed by atoms with Crippen LogP contribution in [0.25, 0.3) is 0 Å². The smallest absolute Gasteiger partial charge is 0.296 e. The Labute approximate surface area is 53.5 Å². The van der Waals surface area contributed by atoms with Crippen molar-refractivity contribution in [3.05, 3.63) is 11.8 Å². The molecule has 0 heterocycles. The maximum Gasteiger partial charge on any atom is 0.296 e. The van der Waals surface area contributed by atoms with Crippen molar-refractivity contribution in [2.24, 2.45) is 0 Å². The van der Waals surface area contributed by atoms with Gasteiger partial charge < -0.3 is 4.74 Å². The Morgan fingerprint density at radius 1 is 1.78 bits per heavy atom. The van der Waals surface area contributed by atoms with Gasteiger partial charge in [-0.1, -0.05) is 0 Å². The van der Waals surface area contributed by atoms with E-state index in [1.807, 2.05) is 0 Å². The summed E-state index contributed by atoms with van der Waals surface area (Å²) in [5.41, 5.74) is 0. The number of carbonyl (C=O) groups excluding carboxylic acids is 1. The van der Waals surface area contributed by atoms with Gasteiger partial charge in [0.2, 0.25) is 0 Å². The highest BCUT2D eigenvalue weighted by atomic mass is 16.5. The first-order chi connectivity index (χ1) is 4.26. The van der Waals surface area contributed by atoms with E-state index in [1.54, 1.807) is 6.92 Å². The number of nitriles is 1. The minimum absolute atomic E-state index is 0.0949. The van der Waals surface area contributed by atoms with Crippen LogP contribution in [-0.4, -0.2) is 12.9 Å². The van der Waals surface area contributed by atoms with E-state index in [-0.39, 0.29) is 5.76 Å². The average Bonchev–Trinajstić information content (AvgIpc) is 1.90. The summed E-state index contributed by atoms with van der Waals surface area (Å²) in [5, 5.41) is 8.05. The van der Waals surface area contributed by atoms with Crippen LogP contribution >= 0.6 is 0 Å². The third-order valence-corrected chi connectivity index (χ3v) is 0.807. The molecule has 0 aromatic carbocycles. The first-order valence-corrected chi connectivity index (χ1v) is 2.41. The van der Waals surface area contributed by atoms with Gasteiger partial charge in [0.15, 0.2) is 5.76 Å². The van der Waals surface area contributed by atoms with E-state index >= 15 is 0 Å². The molecule has 0 unspecified atom stereocenters. The van der Waals surface area contributed by atoms with Crippen LogP contribution in [0.4, 0.5) is 0 Å². The molecule has 3 heteroatoms. The largest absolute Gasteiger partial charge is 0.492 e. The van der Waals surface area contributed by atoms with Crippen LogP contribution in [0.1, 0.15) is 6.92 Å². The summed E-state index contributed by atoms with van der Waals surface area (Å²) in [6.07, 6.45) is 1.45. The van der Waals surface area contributed by atoms with Gasteiger partial charge in [0.05, 0.1) is 7.11 Å². The van der Waals surface area contributed by atoms with Crippen molar-refractivity contribution in [2.75, 3.05) is 7.11 Å². The van der Waals surface area contributed by atoms with Crippen LogP contribution in [-0.2, 0) is 9.53 Å². The minimum Gasteiger partial charge on any atom is -0.492 e. The van der Waals surface area contributed by atoms with Gasteiger partial charge in [-0.05, 0) is 13.0 Å². The molecule has 0 bridgehead atoms. The quantitative estimate of drug-likeness (QED) is 0.309. The number of Topliss-reactive ketones (excluding diaryl/α,β-unsaturated/α-hetero) is 1. The van der Waals surface area contributed by atoms with Gasteiger partial charge in [-0.25, -0.2) is 0 Å². The van der Waals surface area contributed by atoms with Crippen LogP contribution in [0.5, 0.6) is 0 Å². The molecule has 0 atom stereocenters. The predicted molar refractivity (Wildman–Crippen MR) is 31.4 cm³/mol. The van der Waals surface area contributed by atoms with E-state index in [4.69, 9.17) is 5.26 Å². The highest BCUT2D eigenvalue weighted by molar-refractivity contribution is 6.05. The van der Waals surface area contributed by atoms with Crippen LogP contribution < -0.4 is 0 Å². The topological polar surface area (TPSA) is 50.1 Å². The molecule has 0 saturated carbocycles. The molecule has 0 aliphatic carbocycles. The van der Waals surface area contributed by atoms with Gasteiger partial charge in [0.25, 0.3) is 5.78 Å². The lowest BCUT2D eigenvalue weighted by Gasteiger charge is -1.94. The summed E-state index contributed by atoms with van der Waals surface area (Å²) < 4.78 is 4.54. The monoisotopic (exact) mass is 125 g/mol. The Morgan fingerprint density at radius 3 is 2.44 bits per heavy atom. The van der Waals surface area contributed by atoms with Gasteiger partial charge in [0, 0.05) is 0 Å². The molecule has 48 valence electrons. The fourth-order valence-corrected chi connectivity index (χ4v) is 0.397. The van der Waals surface area contributed by atoms with Crippen molar-refractivity contribution >= 4 is 5.78 Å². The maximum atomic E-state index is 10.4. The zero-order valence-electron chi connectivity index (χ0n) is 5.34. The molecule has 0 aromatic heterocycles. The summed E-state index contributed by atoms with van der Waals surface area (Å²) >= 11 is 0. The Hall–Kier alpha value is -1.30. The number of carbonyl (C=O) groups is 1. The first-order valence-electron chi connectivity index (χ1n) is 2.41.